The molecule has 0 spiro atoms. The number of sulfonamides is 1. The third-order valence-corrected chi connectivity index (χ3v) is 10.1. The molecule has 1 saturated heterocycles. The molecule has 10 nitrogen and oxygen atoms in total. The van der Waals surface area contributed by atoms with E-state index in [1.165, 1.54) is 33.8 Å². The van der Waals surface area contributed by atoms with Gasteiger partial charge in [0.15, 0.2) is 11.0 Å². The van der Waals surface area contributed by atoms with E-state index in [0.29, 0.717) is 41.7 Å². The number of benzene rings is 2. The van der Waals surface area contributed by atoms with Crippen LogP contribution in [-0.4, -0.2) is 72.3 Å². The van der Waals surface area contributed by atoms with Crippen LogP contribution in [0.25, 0.3) is 22.6 Å². The van der Waals surface area contributed by atoms with Crippen LogP contribution in [0.2, 0.25) is 0 Å². The second-order valence-electron chi connectivity index (χ2n) is 10.6. The van der Waals surface area contributed by atoms with Gasteiger partial charge in [0.2, 0.25) is 10.0 Å². The van der Waals surface area contributed by atoms with Gasteiger partial charge in [0.05, 0.1) is 10.5 Å². The fourth-order valence-corrected chi connectivity index (χ4v) is 7.34. The van der Waals surface area contributed by atoms with Gasteiger partial charge in [-0.3, -0.25) is 0 Å². The molecule has 45 heavy (non-hydrogen) atoms. The molecule has 0 amide bonds. The molecule has 3 heterocycles. The molecule has 0 saturated carbocycles. The molecular formula is C29H34ClF3N8O2S2. The van der Waals surface area contributed by atoms with Crippen molar-refractivity contribution in [3.8, 4) is 22.6 Å². The first kappa shape index (κ1) is 34.4. The number of nitrogen functional groups attached to an aromatic ring is 2. The Labute approximate surface area is 270 Å². The molecule has 1 aliphatic rings. The molecule has 0 unspecified atom stereocenters. The molecule has 0 radical (unpaired) electrons. The molecule has 2 aromatic heterocycles. The van der Waals surface area contributed by atoms with Crippen LogP contribution in [0.5, 0.6) is 0 Å². The summed E-state index contributed by atoms with van der Waals surface area (Å²) in [5, 5.41) is 2.36. The average Bonchev–Trinajstić information content (AvgIpc) is 3.46. The molecule has 242 valence electrons. The van der Waals surface area contributed by atoms with Crippen LogP contribution in [0.3, 0.4) is 0 Å². The maximum absolute atomic E-state index is 14.5. The summed E-state index contributed by atoms with van der Waals surface area (Å²) in [7, 11) is -2.23. The largest absolute Gasteiger partial charge is 0.417 e. The Bertz CT molecular complexity index is 1760. The normalized spacial score (nSPS) is 14.7. The lowest BCUT2D eigenvalue weighted by molar-refractivity contribution is -0.137. The van der Waals surface area contributed by atoms with E-state index in [1.54, 1.807) is 23.6 Å². The van der Waals surface area contributed by atoms with Crippen molar-refractivity contribution in [1.29, 1.82) is 0 Å². The molecule has 4 N–H and O–H groups in total. The molecule has 0 atom stereocenters. The SMILES string of the molecule is CCCN(c1nc(-c2nc(N)cc(N)n2)cs1)c1cc(-c2ccc(S(=O)(=O)N3CCN(C)CC3)cc2C(F)(F)F)ccc1C.Cl. The van der Waals surface area contributed by atoms with Gasteiger partial charge in [-0.1, -0.05) is 25.1 Å². The Morgan fingerprint density at radius 1 is 0.978 bits per heavy atom. The van der Waals surface area contributed by atoms with Gasteiger partial charge >= 0.3 is 6.18 Å². The minimum Gasteiger partial charge on any atom is -0.384 e. The van der Waals surface area contributed by atoms with Crippen molar-refractivity contribution in [2.45, 2.75) is 31.3 Å². The maximum Gasteiger partial charge on any atom is 0.417 e. The average molecular weight is 683 g/mol. The van der Waals surface area contributed by atoms with Gasteiger partial charge in [-0.15, -0.1) is 23.7 Å². The summed E-state index contributed by atoms with van der Waals surface area (Å²) >= 11 is 1.33. The number of alkyl halides is 3. The van der Waals surface area contributed by atoms with Crippen LogP contribution in [-0.2, 0) is 16.2 Å². The van der Waals surface area contributed by atoms with Crippen molar-refractivity contribution in [3.05, 3.63) is 59.0 Å². The van der Waals surface area contributed by atoms with E-state index in [9.17, 15) is 21.6 Å². The maximum atomic E-state index is 14.5. The van der Waals surface area contributed by atoms with Gasteiger partial charge in [0, 0.05) is 49.9 Å². The Morgan fingerprint density at radius 2 is 1.64 bits per heavy atom. The molecule has 5 rings (SSSR count). The number of hydrogen-bond donors (Lipinski definition) is 2. The lowest BCUT2D eigenvalue weighted by Gasteiger charge is -2.31. The lowest BCUT2D eigenvalue weighted by Crippen LogP contribution is -2.47. The number of nitrogens with two attached hydrogens (primary N) is 2. The summed E-state index contributed by atoms with van der Waals surface area (Å²) in [5.41, 5.74) is 12.8. The number of piperazine rings is 1. The number of hydrogen-bond acceptors (Lipinski definition) is 10. The fraction of sp³-hybridized carbons (Fsp3) is 0.345. The topological polar surface area (TPSA) is 135 Å². The lowest BCUT2D eigenvalue weighted by atomic mass is 9.97. The summed E-state index contributed by atoms with van der Waals surface area (Å²) in [6.07, 6.45) is -4.06. The number of halogens is 4. The van der Waals surface area contributed by atoms with Crippen LogP contribution in [0, 0.1) is 6.92 Å². The Hall–Kier alpha value is -3.50. The molecule has 0 bridgehead atoms. The van der Waals surface area contributed by atoms with Crippen LogP contribution in [0.4, 0.5) is 35.6 Å². The summed E-state index contributed by atoms with van der Waals surface area (Å²) < 4.78 is 71.2. The van der Waals surface area contributed by atoms with Crippen LogP contribution in [0.15, 0.2) is 52.7 Å². The van der Waals surface area contributed by atoms with Gasteiger partial charge in [-0.25, -0.2) is 23.4 Å². The number of nitrogens with zero attached hydrogens (tertiary/aromatic N) is 6. The highest BCUT2D eigenvalue weighted by molar-refractivity contribution is 7.89. The predicted octanol–water partition coefficient (Wildman–Crippen LogP) is 5.66. The first-order chi connectivity index (χ1) is 20.8. The second-order valence-corrected chi connectivity index (χ2v) is 13.4. The number of anilines is 4. The highest BCUT2D eigenvalue weighted by Gasteiger charge is 2.37. The van der Waals surface area contributed by atoms with Gasteiger partial charge in [-0.2, -0.15) is 17.5 Å². The Morgan fingerprint density at radius 3 is 2.27 bits per heavy atom. The van der Waals surface area contributed by atoms with Crippen LogP contribution in [0.1, 0.15) is 24.5 Å². The minimum atomic E-state index is -4.79. The molecule has 1 aliphatic heterocycles. The standard InChI is InChI=1S/C29H33F3N8O2S2.ClH/c1-4-9-40(28-35-23(17-43-28)27-36-25(33)16-26(34)37-27)24-14-19(6-5-18(24)2)21-8-7-20(15-22(21)29(30,31)32)44(41,42)39-12-10-38(3)11-13-39;/h5-8,14-17H,4,9-13H2,1-3H3,(H4,33,34,36,37);1H. The molecule has 16 heteroatoms. The van der Waals surface area contributed by atoms with Crippen molar-refractivity contribution < 1.29 is 21.6 Å². The van der Waals surface area contributed by atoms with Gasteiger partial charge in [0.25, 0.3) is 0 Å². The second kappa shape index (κ2) is 13.5. The number of aromatic nitrogens is 3. The number of likely N-dealkylation sites (N-methyl/N-ethyl adjacent to an activating group) is 1. The van der Waals surface area contributed by atoms with Crippen molar-refractivity contribution >= 4 is 56.2 Å². The zero-order valence-electron chi connectivity index (χ0n) is 24.9. The van der Waals surface area contributed by atoms with E-state index in [-0.39, 0.29) is 53.4 Å². The smallest absolute Gasteiger partial charge is 0.384 e. The highest BCUT2D eigenvalue weighted by Crippen LogP contribution is 2.41. The molecule has 2 aromatic carbocycles. The van der Waals surface area contributed by atoms with Crippen molar-refractivity contribution in [2.24, 2.45) is 0 Å². The van der Waals surface area contributed by atoms with E-state index in [4.69, 9.17) is 16.5 Å². The highest BCUT2D eigenvalue weighted by atomic mass is 35.5. The molecular weight excluding hydrogens is 649 g/mol. The first-order valence-corrected chi connectivity index (χ1v) is 16.2. The van der Waals surface area contributed by atoms with Crippen LogP contribution >= 0.6 is 23.7 Å². The molecule has 0 aliphatic carbocycles. The Balaban J connectivity index is 0.00000461. The fourth-order valence-electron chi connectivity index (χ4n) is 5.05. The monoisotopic (exact) mass is 682 g/mol. The quantitative estimate of drug-likeness (QED) is 0.241. The zero-order valence-corrected chi connectivity index (χ0v) is 27.3. The van der Waals surface area contributed by atoms with Crippen LogP contribution < -0.4 is 16.4 Å². The molecule has 1 fully saturated rings. The zero-order chi connectivity index (χ0) is 31.8. The van der Waals surface area contributed by atoms with Gasteiger partial charge < -0.3 is 21.3 Å². The predicted molar refractivity (Wildman–Crippen MR) is 174 cm³/mol. The van der Waals surface area contributed by atoms with E-state index in [0.717, 1.165) is 18.1 Å². The summed E-state index contributed by atoms with van der Waals surface area (Å²) in [6.45, 7) is 5.83. The molecule has 4 aromatic rings. The summed E-state index contributed by atoms with van der Waals surface area (Å²) in [6, 6.07) is 9.73. The van der Waals surface area contributed by atoms with E-state index in [2.05, 4.69) is 9.97 Å². The van der Waals surface area contributed by atoms with Gasteiger partial charge in [-0.05, 0) is 55.3 Å². The van der Waals surface area contributed by atoms with E-state index in [1.807, 2.05) is 30.7 Å². The number of thiazole rings is 1. The van der Waals surface area contributed by atoms with Crippen molar-refractivity contribution in [3.63, 3.8) is 0 Å². The summed E-state index contributed by atoms with van der Waals surface area (Å²) in [5.74, 6) is 0.686. The Kier molecular flexibility index (Phi) is 10.3. The van der Waals surface area contributed by atoms with E-state index >= 15 is 0 Å². The van der Waals surface area contributed by atoms with E-state index < -0.39 is 21.8 Å². The number of rotatable bonds is 8. The third kappa shape index (κ3) is 7.33. The third-order valence-electron chi connectivity index (χ3n) is 7.37. The van der Waals surface area contributed by atoms with Gasteiger partial charge in [0.1, 0.15) is 17.3 Å². The first-order valence-electron chi connectivity index (χ1n) is 13.9. The summed E-state index contributed by atoms with van der Waals surface area (Å²) in [4.78, 5) is 16.7. The minimum absolute atomic E-state index is 0. The van der Waals surface area contributed by atoms with Crippen molar-refractivity contribution in [2.75, 3.05) is 56.1 Å². The van der Waals surface area contributed by atoms with Crippen molar-refractivity contribution in [1.82, 2.24) is 24.2 Å². The number of aryl methyl sites for hydroxylation is 1.